The van der Waals surface area contributed by atoms with Crippen LogP contribution in [0.3, 0.4) is 0 Å². The Morgan fingerprint density at radius 3 is 2.50 bits per heavy atom. The lowest BCUT2D eigenvalue weighted by atomic mass is 10.1. The molecule has 0 bridgehead atoms. The first-order valence-corrected chi connectivity index (χ1v) is 8.82. The maximum absolute atomic E-state index is 4.63. The summed E-state index contributed by atoms with van der Waals surface area (Å²) in [6.07, 6.45) is 0. The number of aliphatic imine (C=N–C) groups is 1. The number of halogens is 1. The number of aromatic nitrogens is 1. The van der Waals surface area contributed by atoms with Gasteiger partial charge in [-0.2, -0.15) is 0 Å². The van der Waals surface area contributed by atoms with Crippen molar-refractivity contribution in [3.8, 4) is 0 Å². The first-order valence-electron chi connectivity index (χ1n) is 7.94. The summed E-state index contributed by atoms with van der Waals surface area (Å²) in [5.74, 6) is 1.28. The van der Waals surface area contributed by atoms with Crippen LogP contribution in [0.1, 0.15) is 47.2 Å². The largest absolute Gasteiger partial charge is 0.352 e. The molecular weight excluding hydrogens is 431 g/mol. The molecule has 2 aromatic rings. The van der Waals surface area contributed by atoms with Gasteiger partial charge in [0, 0.05) is 24.9 Å². The van der Waals surface area contributed by atoms with Crippen molar-refractivity contribution in [2.45, 2.75) is 46.7 Å². The zero-order valence-electron chi connectivity index (χ0n) is 15.0. The highest BCUT2D eigenvalue weighted by atomic mass is 127. The van der Waals surface area contributed by atoms with Crippen LogP contribution in [0, 0.1) is 13.8 Å². The number of nitrogens with zero attached hydrogens (tertiary/aromatic N) is 2. The molecule has 1 aromatic heterocycles. The van der Waals surface area contributed by atoms with Crippen molar-refractivity contribution in [2.75, 3.05) is 7.05 Å². The molecule has 0 amide bonds. The molecule has 0 aliphatic carbocycles. The second-order valence-corrected chi connectivity index (χ2v) is 6.93. The van der Waals surface area contributed by atoms with Gasteiger partial charge < -0.3 is 10.6 Å². The van der Waals surface area contributed by atoms with E-state index in [-0.39, 0.29) is 24.0 Å². The fraction of sp³-hybridized carbons (Fsp3) is 0.444. The van der Waals surface area contributed by atoms with Gasteiger partial charge in [-0.05, 0) is 25.0 Å². The number of hydrogen-bond acceptors (Lipinski definition) is 3. The van der Waals surface area contributed by atoms with Gasteiger partial charge in [0.05, 0.1) is 17.2 Å². The van der Waals surface area contributed by atoms with Gasteiger partial charge in [0.25, 0.3) is 0 Å². The summed E-state index contributed by atoms with van der Waals surface area (Å²) in [7, 11) is 1.79. The number of rotatable bonds is 5. The third kappa shape index (κ3) is 6.05. The molecule has 132 valence electrons. The van der Waals surface area contributed by atoms with Crippen LogP contribution in [0.4, 0.5) is 0 Å². The van der Waals surface area contributed by atoms with Gasteiger partial charge in [0.2, 0.25) is 0 Å². The number of benzene rings is 1. The Hall–Kier alpha value is -1.15. The van der Waals surface area contributed by atoms with Gasteiger partial charge in [0.1, 0.15) is 0 Å². The molecule has 6 heteroatoms. The van der Waals surface area contributed by atoms with Crippen molar-refractivity contribution in [1.29, 1.82) is 0 Å². The molecule has 0 aliphatic heterocycles. The molecule has 2 rings (SSSR count). The van der Waals surface area contributed by atoms with E-state index in [2.05, 4.69) is 71.9 Å². The molecule has 0 aliphatic rings. The summed E-state index contributed by atoms with van der Waals surface area (Å²) in [4.78, 5) is 8.91. The number of thiazole rings is 1. The minimum atomic E-state index is 0. The molecule has 0 saturated heterocycles. The van der Waals surface area contributed by atoms with Crippen molar-refractivity contribution in [2.24, 2.45) is 4.99 Å². The third-order valence-corrected chi connectivity index (χ3v) is 4.86. The minimum absolute atomic E-state index is 0. The fourth-order valence-corrected chi connectivity index (χ4v) is 3.12. The molecule has 0 saturated carbocycles. The SMILES string of the molecule is CN=C(NCc1csc(C(C)C)n1)NCc1ccc(C)cc1C.I. The van der Waals surface area contributed by atoms with Gasteiger partial charge >= 0.3 is 0 Å². The lowest BCUT2D eigenvalue weighted by molar-refractivity contribution is 0.782. The van der Waals surface area contributed by atoms with E-state index >= 15 is 0 Å². The van der Waals surface area contributed by atoms with Crippen LogP contribution < -0.4 is 10.6 Å². The number of guanidine groups is 1. The van der Waals surface area contributed by atoms with E-state index in [4.69, 9.17) is 0 Å². The molecule has 1 heterocycles. The number of nitrogens with one attached hydrogen (secondary N) is 2. The van der Waals surface area contributed by atoms with Gasteiger partial charge in [-0.25, -0.2) is 4.98 Å². The fourth-order valence-electron chi connectivity index (χ4n) is 2.29. The Morgan fingerprint density at radius 2 is 1.92 bits per heavy atom. The zero-order chi connectivity index (χ0) is 16.8. The summed E-state index contributed by atoms with van der Waals surface area (Å²) >= 11 is 1.72. The molecule has 0 unspecified atom stereocenters. The molecule has 2 N–H and O–H groups in total. The van der Waals surface area contributed by atoms with Crippen LogP contribution in [-0.4, -0.2) is 18.0 Å². The van der Waals surface area contributed by atoms with Crippen LogP contribution in [-0.2, 0) is 13.1 Å². The Balaban J connectivity index is 0.00000288. The Morgan fingerprint density at radius 1 is 1.21 bits per heavy atom. The number of hydrogen-bond donors (Lipinski definition) is 2. The monoisotopic (exact) mass is 458 g/mol. The zero-order valence-corrected chi connectivity index (χ0v) is 18.2. The molecule has 0 fully saturated rings. The van der Waals surface area contributed by atoms with Crippen LogP contribution in [0.5, 0.6) is 0 Å². The highest BCUT2D eigenvalue weighted by Crippen LogP contribution is 2.18. The molecule has 24 heavy (non-hydrogen) atoms. The summed E-state index contributed by atoms with van der Waals surface area (Å²) < 4.78 is 0. The lowest BCUT2D eigenvalue weighted by Crippen LogP contribution is -2.36. The van der Waals surface area contributed by atoms with Gasteiger partial charge in [-0.3, -0.25) is 4.99 Å². The average Bonchev–Trinajstić information content (AvgIpc) is 2.98. The second-order valence-electron chi connectivity index (χ2n) is 6.04. The van der Waals surface area contributed by atoms with Crippen molar-refractivity contribution >= 4 is 41.3 Å². The average molecular weight is 458 g/mol. The number of aryl methyl sites for hydroxylation is 2. The van der Waals surface area contributed by atoms with Gasteiger partial charge in [-0.15, -0.1) is 35.3 Å². The maximum atomic E-state index is 4.63. The summed E-state index contributed by atoms with van der Waals surface area (Å²) in [5, 5.41) is 9.97. The first-order chi connectivity index (χ1) is 11.0. The smallest absolute Gasteiger partial charge is 0.191 e. The van der Waals surface area contributed by atoms with Crippen molar-refractivity contribution in [3.63, 3.8) is 0 Å². The van der Waals surface area contributed by atoms with E-state index in [0.29, 0.717) is 12.5 Å². The molecule has 1 aromatic carbocycles. The van der Waals surface area contributed by atoms with E-state index in [1.54, 1.807) is 18.4 Å². The highest BCUT2D eigenvalue weighted by molar-refractivity contribution is 14.0. The van der Waals surface area contributed by atoms with E-state index in [0.717, 1.165) is 18.2 Å². The summed E-state index contributed by atoms with van der Waals surface area (Å²) in [6.45, 7) is 10.0. The standard InChI is InChI=1S/C18H26N4S.HI/c1-12(2)17-22-16(11-23-17)10-21-18(19-5)20-9-15-7-6-13(3)8-14(15)4;/h6-8,11-12H,9-10H2,1-5H3,(H2,19,20,21);1H. The molecule has 4 nitrogen and oxygen atoms in total. The second kappa shape index (κ2) is 9.98. The van der Waals surface area contributed by atoms with Crippen molar-refractivity contribution in [1.82, 2.24) is 15.6 Å². The van der Waals surface area contributed by atoms with Crippen LogP contribution in [0.2, 0.25) is 0 Å². The Bertz CT molecular complexity index is 679. The molecule has 0 atom stereocenters. The van der Waals surface area contributed by atoms with Crippen LogP contribution in [0.15, 0.2) is 28.6 Å². The lowest BCUT2D eigenvalue weighted by Gasteiger charge is -2.13. The predicted octanol–water partition coefficient (Wildman–Crippen LogP) is 4.37. The minimum Gasteiger partial charge on any atom is -0.352 e. The maximum Gasteiger partial charge on any atom is 0.191 e. The van der Waals surface area contributed by atoms with E-state index in [9.17, 15) is 0 Å². The van der Waals surface area contributed by atoms with Crippen LogP contribution in [0.25, 0.3) is 0 Å². The Labute approximate surface area is 166 Å². The van der Waals surface area contributed by atoms with Gasteiger partial charge in [-0.1, -0.05) is 37.6 Å². The summed E-state index contributed by atoms with van der Waals surface area (Å²) in [5.41, 5.74) is 4.94. The first kappa shape index (κ1) is 20.9. The topological polar surface area (TPSA) is 49.3 Å². The normalized spacial score (nSPS) is 11.3. The summed E-state index contributed by atoms with van der Waals surface area (Å²) in [6, 6.07) is 6.51. The van der Waals surface area contributed by atoms with E-state index < -0.39 is 0 Å². The third-order valence-electron chi connectivity index (χ3n) is 3.67. The van der Waals surface area contributed by atoms with E-state index in [1.807, 2.05) is 0 Å². The van der Waals surface area contributed by atoms with Crippen LogP contribution >= 0.6 is 35.3 Å². The Kier molecular flexibility index (Phi) is 8.69. The molecular formula is C18H27IN4S. The van der Waals surface area contributed by atoms with Crippen molar-refractivity contribution < 1.29 is 0 Å². The molecule has 0 spiro atoms. The molecule has 0 radical (unpaired) electrons. The highest BCUT2D eigenvalue weighted by Gasteiger charge is 2.07. The van der Waals surface area contributed by atoms with E-state index in [1.165, 1.54) is 21.7 Å². The quantitative estimate of drug-likeness (QED) is 0.398. The van der Waals surface area contributed by atoms with Crippen molar-refractivity contribution in [3.05, 3.63) is 51.0 Å². The van der Waals surface area contributed by atoms with Gasteiger partial charge in [0.15, 0.2) is 5.96 Å². The predicted molar refractivity (Wildman–Crippen MR) is 115 cm³/mol.